The van der Waals surface area contributed by atoms with Gasteiger partial charge in [0, 0.05) is 18.2 Å². The number of anilines is 1. The molecule has 0 aliphatic rings. The first kappa shape index (κ1) is 12.5. The molecule has 0 amide bonds. The molecule has 4 nitrogen and oxygen atoms in total. The number of aromatic nitrogens is 2. The molecule has 0 saturated heterocycles. The van der Waals surface area contributed by atoms with E-state index >= 15 is 0 Å². The van der Waals surface area contributed by atoms with E-state index in [9.17, 15) is 5.11 Å². The van der Waals surface area contributed by atoms with Gasteiger partial charge in [0.05, 0.1) is 6.20 Å². The Bertz CT molecular complexity index is 585. The zero-order valence-corrected chi connectivity index (χ0v) is 11.2. The van der Waals surface area contributed by atoms with E-state index in [1.807, 2.05) is 19.1 Å². The Morgan fingerprint density at radius 1 is 1.33 bits per heavy atom. The van der Waals surface area contributed by atoms with Crippen LogP contribution in [0.15, 0.2) is 18.3 Å². The molecule has 0 fully saturated rings. The van der Waals surface area contributed by atoms with E-state index in [4.69, 9.17) is 5.73 Å². The summed E-state index contributed by atoms with van der Waals surface area (Å²) in [5.74, 6) is 1.17. The molecule has 18 heavy (non-hydrogen) atoms. The van der Waals surface area contributed by atoms with Crippen LogP contribution >= 0.6 is 0 Å². The highest BCUT2D eigenvalue weighted by molar-refractivity contribution is 5.82. The first-order valence-electron chi connectivity index (χ1n) is 6.03. The van der Waals surface area contributed by atoms with Crippen LogP contribution in [-0.4, -0.2) is 14.9 Å². The van der Waals surface area contributed by atoms with Crippen LogP contribution in [0.3, 0.4) is 0 Å². The second-order valence-electron chi connectivity index (χ2n) is 4.92. The summed E-state index contributed by atoms with van der Waals surface area (Å²) in [5.41, 5.74) is 9.53. The summed E-state index contributed by atoms with van der Waals surface area (Å²) >= 11 is 0. The van der Waals surface area contributed by atoms with E-state index < -0.39 is 0 Å². The molecule has 1 aromatic carbocycles. The Morgan fingerprint density at radius 3 is 2.50 bits per heavy atom. The lowest BCUT2D eigenvalue weighted by Gasteiger charge is -2.15. The van der Waals surface area contributed by atoms with Gasteiger partial charge in [-0.15, -0.1) is 0 Å². The fourth-order valence-electron chi connectivity index (χ4n) is 2.11. The van der Waals surface area contributed by atoms with Crippen molar-refractivity contribution in [2.45, 2.75) is 26.7 Å². The molecule has 4 heteroatoms. The van der Waals surface area contributed by atoms with E-state index in [1.165, 1.54) is 0 Å². The van der Waals surface area contributed by atoms with Gasteiger partial charge in [0.2, 0.25) is 0 Å². The number of aryl methyl sites for hydroxylation is 2. The van der Waals surface area contributed by atoms with Crippen molar-refractivity contribution in [2.24, 2.45) is 7.05 Å². The van der Waals surface area contributed by atoms with E-state index in [-0.39, 0.29) is 0 Å². The lowest BCUT2D eigenvalue weighted by molar-refractivity contribution is 0.472. The van der Waals surface area contributed by atoms with Gasteiger partial charge in [-0.3, -0.25) is 4.68 Å². The van der Waals surface area contributed by atoms with Crippen LogP contribution in [-0.2, 0) is 7.05 Å². The molecule has 2 rings (SSSR count). The molecular weight excluding hydrogens is 226 g/mol. The van der Waals surface area contributed by atoms with Gasteiger partial charge in [-0.25, -0.2) is 0 Å². The Kier molecular flexibility index (Phi) is 3.03. The molecule has 1 aromatic heterocycles. The van der Waals surface area contributed by atoms with Crippen molar-refractivity contribution in [3.63, 3.8) is 0 Å². The first-order valence-corrected chi connectivity index (χ1v) is 6.03. The largest absolute Gasteiger partial charge is 0.507 e. The van der Waals surface area contributed by atoms with Gasteiger partial charge < -0.3 is 10.8 Å². The highest BCUT2D eigenvalue weighted by atomic mass is 16.3. The average molecular weight is 245 g/mol. The van der Waals surface area contributed by atoms with Crippen molar-refractivity contribution in [1.29, 1.82) is 0 Å². The minimum Gasteiger partial charge on any atom is -0.507 e. The Hall–Kier alpha value is -1.97. The smallest absolute Gasteiger partial charge is 0.129 e. The van der Waals surface area contributed by atoms with Crippen molar-refractivity contribution < 1.29 is 5.11 Å². The molecule has 0 unspecified atom stereocenters. The molecule has 0 aliphatic carbocycles. The molecule has 0 saturated carbocycles. The van der Waals surface area contributed by atoms with Crippen molar-refractivity contribution in [3.05, 3.63) is 29.5 Å². The molecule has 0 radical (unpaired) electrons. The summed E-state index contributed by atoms with van der Waals surface area (Å²) in [7, 11) is 1.79. The van der Waals surface area contributed by atoms with Gasteiger partial charge in [0.15, 0.2) is 0 Å². The zero-order chi connectivity index (χ0) is 13.4. The third-order valence-electron chi connectivity index (χ3n) is 3.29. The summed E-state index contributed by atoms with van der Waals surface area (Å²) in [6.45, 7) is 6.08. The maximum atomic E-state index is 10.3. The number of aromatic hydroxyl groups is 1. The van der Waals surface area contributed by atoms with Gasteiger partial charge in [-0.2, -0.15) is 5.10 Å². The number of benzene rings is 1. The minimum atomic E-state index is 0.293. The van der Waals surface area contributed by atoms with Gasteiger partial charge >= 0.3 is 0 Å². The summed E-state index contributed by atoms with van der Waals surface area (Å²) in [4.78, 5) is 0. The van der Waals surface area contributed by atoms with Crippen molar-refractivity contribution in [3.8, 4) is 16.9 Å². The van der Waals surface area contributed by atoms with E-state index in [1.54, 1.807) is 17.9 Å². The van der Waals surface area contributed by atoms with Gasteiger partial charge in [-0.05, 0) is 24.0 Å². The predicted molar refractivity (Wildman–Crippen MR) is 73.5 cm³/mol. The zero-order valence-electron chi connectivity index (χ0n) is 11.2. The van der Waals surface area contributed by atoms with Gasteiger partial charge in [-0.1, -0.05) is 26.0 Å². The highest BCUT2D eigenvalue weighted by Gasteiger charge is 2.18. The van der Waals surface area contributed by atoms with Crippen LogP contribution in [0.1, 0.15) is 30.9 Å². The summed E-state index contributed by atoms with van der Waals surface area (Å²) in [6, 6.07) is 3.97. The molecule has 96 valence electrons. The number of phenolic OH excluding ortho intramolecular Hbond substituents is 1. The molecule has 0 spiro atoms. The fraction of sp³-hybridized carbons (Fsp3) is 0.357. The van der Waals surface area contributed by atoms with Crippen LogP contribution in [0.2, 0.25) is 0 Å². The number of rotatable bonds is 2. The Morgan fingerprint density at radius 2 is 2.00 bits per heavy atom. The molecule has 0 aliphatic heterocycles. The van der Waals surface area contributed by atoms with Crippen LogP contribution in [0.4, 0.5) is 5.82 Å². The van der Waals surface area contributed by atoms with Gasteiger partial charge in [0.1, 0.15) is 11.6 Å². The molecule has 2 aromatic rings. The number of phenols is 1. The number of nitrogens with zero attached hydrogens (tertiary/aromatic N) is 2. The average Bonchev–Trinajstić information content (AvgIpc) is 2.63. The quantitative estimate of drug-likeness (QED) is 0.855. The third-order valence-corrected chi connectivity index (χ3v) is 3.29. The molecule has 1 heterocycles. The number of nitrogens with two attached hydrogens (primary N) is 1. The molecule has 0 bridgehead atoms. The second kappa shape index (κ2) is 4.37. The lowest BCUT2D eigenvalue weighted by atomic mass is 9.91. The minimum absolute atomic E-state index is 0.293. The van der Waals surface area contributed by atoms with Crippen molar-refractivity contribution in [2.75, 3.05) is 5.73 Å². The van der Waals surface area contributed by atoms with Crippen LogP contribution in [0.25, 0.3) is 11.1 Å². The predicted octanol–water partition coefficient (Wildman–Crippen LogP) is 2.81. The van der Waals surface area contributed by atoms with Crippen LogP contribution in [0.5, 0.6) is 5.75 Å². The van der Waals surface area contributed by atoms with E-state index in [2.05, 4.69) is 18.9 Å². The first-order chi connectivity index (χ1) is 8.43. The van der Waals surface area contributed by atoms with Crippen molar-refractivity contribution in [1.82, 2.24) is 9.78 Å². The molecule has 0 atom stereocenters. The molecule has 3 N–H and O–H groups in total. The standard InChI is InChI=1S/C14H19N3O/c1-8(2)10-6-5-9(3)13(18)12(10)11-7-16-17(4)14(11)15/h5-8,18H,15H2,1-4H3. The second-order valence-corrected chi connectivity index (χ2v) is 4.92. The monoisotopic (exact) mass is 245 g/mol. The van der Waals surface area contributed by atoms with E-state index in [0.717, 1.165) is 22.3 Å². The fourth-order valence-corrected chi connectivity index (χ4v) is 2.11. The summed E-state index contributed by atoms with van der Waals surface area (Å²) < 4.78 is 1.61. The maximum absolute atomic E-state index is 10.3. The number of nitrogen functional groups attached to an aromatic ring is 1. The number of hydrogen-bond donors (Lipinski definition) is 2. The van der Waals surface area contributed by atoms with Crippen LogP contribution in [0, 0.1) is 6.92 Å². The Labute approximate surface area is 107 Å². The van der Waals surface area contributed by atoms with Gasteiger partial charge in [0.25, 0.3) is 0 Å². The Balaban J connectivity index is 2.76. The maximum Gasteiger partial charge on any atom is 0.129 e. The molecular formula is C14H19N3O. The number of hydrogen-bond acceptors (Lipinski definition) is 3. The normalized spacial score (nSPS) is 11.2. The van der Waals surface area contributed by atoms with E-state index in [0.29, 0.717) is 17.5 Å². The summed E-state index contributed by atoms with van der Waals surface area (Å²) in [6.07, 6.45) is 1.70. The lowest BCUT2D eigenvalue weighted by Crippen LogP contribution is -2.00. The third kappa shape index (κ3) is 1.83. The SMILES string of the molecule is Cc1ccc(C(C)C)c(-c2cnn(C)c2N)c1O. The van der Waals surface area contributed by atoms with Crippen LogP contribution < -0.4 is 5.73 Å². The van der Waals surface area contributed by atoms with Crippen molar-refractivity contribution >= 4 is 5.82 Å². The highest BCUT2D eigenvalue weighted by Crippen LogP contribution is 2.40. The topological polar surface area (TPSA) is 64.1 Å². The summed E-state index contributed by atoms with van der Waals surface area (Å²) in [5, 5.41) is 14.5.